The third-order valence-electron chi connectivity index (χ3n) is 7.39. The largest absolute Gasteiger partial charge is 0.459 e. The second kappa shape index (κ2) is 16.1. The van der Waals surface area contributed by atoms with Gasteiger partial charge in [0.15, 0.2) is 6.10 Å². The third-order valence-corrected chi connectivity index (χ3v) is 7.39. The van der Waals surface area contributed by atoms with Crippen molar-refractivity contribution in [2.45, 2.75) is 63.4 Å². The van der Waals surface area contributed by atoms with Gasteiger partial charge in [0.2, 0.25) is 0 Å². The molecule has 1 aliphatic rings. The van der Waals surface area contributed by atoms with Crippen LogP contribution in [-0.2, 0) is 54.9 Å². The molecule has 1 fully saturated rings. The summed E-state index contributed by atoms with van der Waals surface area (Å²) >= 11 is 0. The quantitative estimate of drug-likeness (QED) is 0.193. The molecule has 224 valence electrons. The van der Waals surface area contributed by atoms with Crippen molar-refractivity contribution in [3.05, 3.63) is 144 Å². The van der Waals surface area contributed by atoms with Gasteiger partial charge in [-0.3, -0.25) is 0 Å². The first-order valence-corrected chi connectivity index (χ1v) is 14.6. The molecule has 4 aromatic carbocycles. The molecule has 0 aliphatic carbocycles. The van der Waals surface area contributed by atoms with Crippen molar-refractivity contribution >= 4 is 5.97 Å². The number of carbonyl (C=O) groups is 1. The molecule has 1 heterocycles. The Hall–Kier alpha value is -3.85. The Labute approximate surface area is 252 Å². The highest BCUT2D eigenvalue weighted by atomic mass is 16.6. The van der Waals surface area contributed by atoms with E-state index in [2.05, 4.69) is 0 Å². The summed E-state index contributed by atoms with van der Waals surface area (Å²) < 4.78 is 31.2. The molecule has 5 rings (SSSR count). The second-order valence-corrected chi connectivity index (χ2v) is 10.5. The van der Waals surface area contributed by atoms with Crippen LogP contribution >= 0.6 is 0 Å². The Balaban J connectivity index is 1.38. The van der Waals surface area contributed by atoms with Gasteiger partial charge in [0.05, 0.1) is 32.5 Å². The molecule has 0 bridgehead atoms. The lowest BCUT2D eigenvalue weighted by molar-refractivity contribution is -0.245. The summed E-state index contributed by atoms with van der Waals surface area (Å²) in [7, 11) is 0. The lowest BCUT2D eigenvalue weighted by Crippen LogP contribution is -2.58. The maximum absolute atomic E-state index is 13.4. The van der Waals surface area contributed by atoms with Crippen LogP contribution in [0, 0.1) is 0 Å². The monoisotopic (exact) mass is 582 g/mol. The van der Waals surface area contributed by atoms with Gasteiger partial charge in [-0.1, -0.05) is 121 Å². The van der Waals surface area contributed by atoms with E-state index in [1.807, 2.05) is 121 Å². The Bertz CT molecular complexity index is 1350. The van der Waals surface area contributed by atoms with Gasteiger partial charge in [0.1, 0.15) is 24.9 Å². The van der Waals surface area contributed by atoms with E-state index in [1.54, 1.807) is 0 Å². The Kier molecular flexibility index (Phi) is 11.5. The predicted molar refractivity (Wildman–Crippen MR) is 162 cm³/mol. The van der Waals surface area contributed by atoms with Gasteiger partial charge in [-0.2, -0.15) is 0 Å². The normalized spacial score (nSPS) is 20.8. The van der Waals surface area contributed by atoms with Gasteiger partial charge in [0.25, 0.3) is 0 Å². The number of esters is 1. The van der Waals surface area contributed by atoms with Crippen LogP contribution < -0.4 is 0 Å². The molecule has 1 aliphatic heterocycles. The highest BCUT2D eigenvalue weighted by molar-refractivity contribution is 5.75. The molecular weight excluding hydrogens is 544 g/mol. The molecule has 7 heteroatoms. The fraction of sp³-hybridized carbons (Fsp3) is 0.306. The average molecular weight is 583 g/mol. The van der Waals surface area contributed by atoms with E-state index in [-0.39, 0.29) is 26.2 Å². The molecule has 7 nitrogen and oxygen atoms in total. The van der Waals surface area contributed by atoms with Gasteiger partial charge in [0, 0.05) is 6.42 Å². The fourth-order valence-corrected chi connectivity index (χ4v) is 5.09. The predicted octanol–water partition coefficient (Wildman–Crippen LogP) is 5.64. The lowest BCUT2D eigenvalue weighted by atomic mass is 9.93. The minimum absolute atomic E-state index is 0.127. The van der Waals surface area contributed by atoms with E-state index in [9.17, 15) is 9.90 Å². The molecule has 4 aromatic rings. The lowest BCUT2D eigenvalue weighted by Gasteiger charge is -2.43. The molecule has 5 atom stereocenters. The molecule has 0 amide bonds. The first kappa shape index (κ1) is 30.6. The molecule has 0 aromatic heterocycles. The molecule has 0 saturated carbocycles. The summed E-state index contributed by atoms with van der Waals surface area (Å²) in [5.41, 5.74) is 3.81. The molecule has 1 N–H and O–H groups in total. The highest BCUT2D eigenvalue weighted by Gasteiger charge is 2.47. The highest BCUT2D eigenvalue weighted by Crippen LogP contribution is 2.31. The zero-order valence-corrected chi connectivity index (χ0v) is 24.1. The zero-order chi connectivity index (χ0) is 29.7. The van der Waals surface area contributed by atoms with Crippen LogP contribution in [0.2, 0.25) is 0 Å². The maximum atomic E-state index is 13.4. The zero-order valence-electron chi connectivity index (χ0n) is 24.1. The number of hydrogen-bond donors (Lipinski definition) is 1. The fourth-order valence-electron chi connectivity index (χ4n) is 5.09. The van der Waals surface area contributed by atoms with Crippen LogP contribution in [-0.4, -0.2) is 48.2 Å². The molecular formula is C36H38O7. The van der Waals surface area contributed by atoms with Crippen molar-refractivity contribution in [3.63, 3.8) is 0 Å². The van der Waals surface area contributed by atoms with Gasteiger partial charge in [-0.15, -0.1) is 0 Å². The van der Waals surface area contributed by atoms with Crippen LogP contribution in [0.15, 0.2) is 121 Å². The first-order valence-electron chi connectivity index (χ1n) is 14.6. The van der Waals surface area contributed by atoms with Crippen molar-refractivity contribution in [2.24, 2.45) is 0 Å². The SMILES string of the molecule is O=C(OCc1ccccc1)[C@@H]1C[C@@H](OCc2ccccc2)[C@@H](OCc2ccccc2)[C@@H]([C@@H](CO)OCc2ccccc2)O1. The van der Waals surface area contributed by atoms with Crippen molar-refractivity contribution in [2.75, 3.05) is 6.61 Å². The van der Waals surface area contributed by atoms with Gasteiger partial charge in [-0.05, 0) is 22.3 Å². The van der Waals surface area contributed by atoms with E-state index in [1.165, 1.54) is 0 Å². The number of aliphatic hydroxyl groups excluding tert-OH is 1. The maximum Gasteiger partial charge on any atom is 0.335 e. The molecule has 43 heavy (non-hydrogen) atoms. The Morgan fingerprint density at radius 2 is 1.14 bits per heavy atom. The third kappa shape index (κ3) is 9.07. The van der Waals surface area contributed by atoms with Gasteiger partial charge >= 0.3 is 5.97 Å². The summed E-state index contributed by atoms with van der Waals surface area (Å²) in [6, 6.07) is 38.9. The summed E-state index contributed by atoms with van der Waals surface area (Å²) in [5.74, 6) is -0.497. The van der Waals surface area contributed by atoms with Crippen LogP contribution in [0.25, 0.3) is 0 Å². The van der Waals surface area contributed by atoms with Gasteiger partial charge in [-0.25, -0.2) is 4.79 Å². The van der Waals surface area contributed by atoms with Crippen molar-refractivity contribution in [1.82, 2.24) is 0 Å². The minimum Gasteiger partial charge on any atom is -0.459 e. The summed E-state index contributed by atoms with van der Waals surface area (Å²) in [5, 5.41) is 10.5. The Morgan fingerprint density at radius 3 is 1.65 bits per heavy atom. The molecule has 0 radical (unpaired) electrons. The minimum atomic E-state index is -0.930. The number of hydrogen-bond acceptors (Lipinski definition) is 7. The summed E-state index contributed by atoms with van der Waals surface area (Å²) in [6.07, 6.45) is -3.45. The smallest absolute Gasteiger partial charge is 0.335 e. The molecule has 1 saturated heterocycles. The number of benzene rings is 4. The number of carbonyl (C=O) groups excluding carboxylic acids is 1. The van der Waals surface area contributed by atoms with E-state index >= 15 is 0 Å². The van der Waals surface area contributed by atoms with Crippen molar-refractivity contribution < 1.29 is 33.6 Å². The van der Waals surface area contributed by atoms with Crippen LogP contribution in [0.1, 0.15) is 28.7 Å². The van der Waals surface area contributed by atoms with Crippen LogP contribution in [0.4, 0.5) is 0 Å². The van der Waals surface area contributed by atoms with Crippen LogP contribution in [0.5, 0.6) is 0 Å². The number of rotatable bonds is 14. The van der Waals surface area contributed by atoms with Gasteiger partial charge < -0.3 is 28.8 Å². The van der Waals surface area contributed by atoms with Crippen molar-refractivity contribution in [3.8, 4) is 0 Å². The topological polar surface area (TPSA) is 83.5 Å². The Morgan fingerprint density at radius 1 is 0.674 bits per heavy atom. The van der Waals surface area contributed by atoms with E-state index in [0.29, 0.717) is 13.2 Å². The summed E-state index contributed by atoms with van der Waals surface area (Å²) in [4.78, 5) is 13.4. The van der Waals surface area contributed by atoms with E-state index in [0.717, 1.165) is 22.3 Å². The van der Waals surface area contributed by atoms with Crippen LogP contribution in [0.3, 0.4) is 0 Å². The van der Waals surface area contributed by atoms with E-state index in [4.69, 9.17) is 23.7 Å². The molecule has 0 spiro atoms. The van der Waals surface area contributed by atoms with E-state index < -0.39 is 36.5 Å². The molecule has 0 unspecified atom stereocenters. The summed E-state index contributed by atoms with van der Waals surface area (Å²) in [6.45, 7) is 0.678. The standard InChI is InChI=1S/C36H38O7/c37-22-33(40-24-28-15-7-2-8-16-28)35-34(41-25-29-17-9-3-10-18-29)31(39-23-27-13-5-1-6-14-27)21-32(43-35)36(38)42-26-30-19-11-4-12-20-30/h1-20,31-35,37H,21-26H2/t31-,32+,33-,34-,35-/m1/s1. The first-order chi connectivity index (χ1) is 21.2. The number of ether oxygens (including phenoxy) is 5. The average Bonchev–Trinajstić information content (AvgIpc) is 3.07. The van der Waals surface area contributed by atoms with Crippen molar-refractivity contribution in [1.29, 1.82) is 0 Å². The second-order valence-electron chi connectivity index (χ2n) is 10.5. The number of aliphatic hydroxyl groups is 1.